The number of aliphatic carboxylic acids is 1. The van der Waals surface area contributed by atoms with Gasteiger partial charge in [0.25, 0.3) is 0 Å². The SMILES string of the molecule is CN(CCC(=O)O)C(=O)NCCN1CCCCC1. The van der Waals surface area contributed by atoms with Gasteiger partial charge in [-0.05, 0) is 25.9 Å². The lowest BCUT2D eigenvalue weighted by molar-refractivity contribution is -0.137. The van der Waals surface area contributed by atoms with E-state index in [1.165, 1.54) is 24.2 Å². The van der Waals surface area contributed by atoms with Crippen molar-refractivity contribution in [3.8, 4) is 0 Å². The highest BCUT2D eigenvalue weighted by Crippen LogP contribution is 2.07. The molecule has 0 aromatic heterocycles. The zero-order chi connectivity index (χ0) is 13.4. The summed E-state index contributed by atoms with van der Waals surface area (Å²) in [6, 6.07) is -0.201. The summed E-state index contributed by atoms with van der Waals surface area (Å²) in [6.07, 6.45) is 3.77. The summed E-state index contributed by atoms with van der Waals surface area (Å²) in [4.78, 5) is 25.7. The highest BCUT2D eigenvalue weighted by atomic mass is 16.4. The van der Waals surface area contributed by atoms with Crippen molar-refractivity contribution in [2.45, 2.75) is 25.7 Å². The minimum absolute atomic E-state index is 0.0178. The largest absolute Gasteiger partial charge is 0.481 e. The first-order valence-corrected chi connectivity index (χ1v) is 6.52. The molecule has 18 heavy (non-hydrogen) atoms. The van der Waals surface area contributed by atoms with Crippen LogP contribution in [0.5, 0.6) is 0 Å². The number of nitrogens with one attached hydrogen (secondary N) is 1. The highest BCUT2D eigenvalue weighted by molar-refractivity contribution is 5.74. The van der Waals surface area contributed by atoms with E-state index in [9.17, 15) is 9.59 Å². The lowest BCUT2D eigenvalue weighted by Gasteiger charge is -2.26. The maximum atomic E-state index is 11.6. The van der Waals surface area contributed by atoms with Crippen molar-refractivity contribution in [2.24, 2.45) is 0 Å². The smallest absolute Gasteiger partial charge is 0.317 e. The third-order valence-corrected chi connectivity index (χ3v) is 3.16. The standard InChI is InChI=1S/C12H23N3O3/c1-14(9-5-11(16)17)12(18)13-6-10-15-7-3-2-4-8-15/h2-10H2,1H3,(H,13,18)(H,16,17). The van der Waals surface area contributed by atoms with Crippen LogP contribution in [0, 0.1) is 0 Å². The molecular weight excluding hydrogens is 234 g/mol. The lowest BCUT2D eigenvalue weighted by Crippen LogP contribution is -2.42. The van der Waals surface area contributed by atoms with Gasteiger partial charge in [0.15, 0.2) is 0 Å². The minimum Gasteiger partial charge on any atom is -0.481 e. The monoisotopic (exact) mass is 257 g/mol. The Bertz CT molecular complexity index is 278. The molecule has 0 aromatic carbocycles. The molecule has 1 saturated heterocycles. The molecule has 0 bridgehead atoms. The molecule has 1 rings (SSSR count). The summed E-state index contributed by atoms with van der Waals surface area (Å²) in [5.41, 5.74) is 0. The topological polar surface area (TPSA) is 72.9 Å². The molecule has 0 spiro atoms. The van der Waals surface area contributed by atoms with E-state index in [1.54, 1.807) is 7.05 Å². The molecule has 0 atom stereocenters. The first-order valence-electron chi connectivity index (χ1n) is 6.52. The number of hydrogen-bond acceptors (Lipinski definition) is 3. The Labute approximate surface area is 108 Å². The number of hydrogen-bond donors (Lipinski definition) is 2. The van der Waals surface area contributed by atoms with E-state index in [0.29, 0.717) is 6.54 Å². The predicted octanol–water partition coefficient (Wildman–Crippen LogP) is 0.588. The van der Waals surface area contributed by atoms with Gasteiger partial charge in [-0.1, -0.05) is 6.42 Å². The maximum absolute atomic E-state index is 11.6. The van der Waals surface area contributed by atoms with Crippen molar-refractivity contribution in [3.05, 3.63) is 0 Å². The molecule has 0 unspecified atom stereocenters. The molecular formula is C12H23N3O3. The van der Waals surface area contributed by atoms with E-state index in [4.69, 9.17) is 5.11 Å². The number of likely N-dealkylation sites (tertiary alicyclic amines) is 1. The second-order valence-corrected chi connectivity index (χ2v) is 4.70. The van der Waals surface area contributed by atoms with Crippen molar-refractivity contribution in [1.82, 2.24) is 15.1 Å². The van der Waals surface area contributed by atoms with Crippen LogP contribution in [0.25, 0.3) is 0 Å². The molecule has 1 fully saturated rings. The van der Waals surface area contributed by atoms with Gasteiger partial charge in [-0.3, -0.25) is 4.79 Å². The van der Waals surface area contributed by atoms with E-state index in [-0.39, 0.29) is 19.0 Å². The van der Waals surface area contributed by atoms with Crippen molar-refractivity contribution in [3.63, 3.8) is 0 Å². The van der Waals surface area contributed by atoms with Gasteiger partial charge in [0, 0.05) is 26.7 Å². The molecule has 6 nitrogen and oxygen atoms in total. The second kappa shape index (κ2) is 7.92. The Morgan fingerprint density at radius 1 is 1.28 bits per heavy atom. The first kappa shape index (κ1) is 14.8. The van der Waals surface area contributed by atoms with Crippen LogP contribution in [0.2, 0.25) is 0 Å². The molecule has 0 aromatic rings. The first-order chi connectivity index (χ1) is 8.59. The quantitative estimate of drug-likeness (QED) is 0.730. The summed E-state index contributed by atoms with van der Waals surface area (Å²) in [5, 5.41) is 11.3. The number of amides is 2. The minimum atomic E-state index is -0.886. The second-order valence-electron chi connectivity index (χ2n) is 4.70. The van der Waals surface area contributed by atoms with Gasteiger partial charge in [-0.2, -0.15) is 0 Å². The molecule has 1 heterocycles. The van der Waals surface area contributed by atoms with Crippen LogP contribution in [-0.4, -0.2) is 66.7 Å². The third-order valence-electron chi connectivity index (χ3n) is 3.16. The molecule has 0 aliphatic carbocycles. The summed E-state index contributed by atoms with van der Waals surface area (Å²) in [5.74, 6) is -0.886. The predicted molar refractivity (Wildman–Crippen MR) is 68.6 cm³/mol. The van der Waals surface area contributed by atoms with Crippen LogP contribution in [0.3, 0.4) is 0 Å². The van der Waals surface area contributed by atoms with Crippen LogP contribution in [0.15, 0.2) is 0 Å². The fourth-order valence-corrected chi connectivity index (χ4v) is 2.00. The zero-order valence-electron chi connectivity index (χ0n) is 11.0. The van der Waals surface area contributed by atoms with Crippen LogP contribution in [-0.2, 0) is 4.79 Å². The van der Waals surface area contributed by atoms with Gasteiger partial charge in [0.1, 0.15) is 0 Å². The van der Waals surface area contributed by atoms with Gasteiger partial charge in [0.05, 0.1) is 6.42 Å². The zero-order valence-corrected chi connectivity index (χ0v) is 11.0. The average Bonchev–Trinajstić information content (AvgIpc) is 2.37. The molecule has 6 heteroatoms. The summed E-state index contributed by atoms with van der Waals surface area (Å²) in [7, 11) is 1.61. The fraction of sp³-hybridized carbons (Fsp3) is 0.833. The van der Waals surface area contributed by atoms with E-state index < -0.39 is 5.97 Å². The van der Waals surface area contributed by atoms with Crippen molar-refractivity contribution >= 4 is 12.0 Å². The van der Waals surface area contributed by atoms with Crippen LogP contribution in [0.1, 0.15) is 25.7 Å². The Balaban J connectivity index is 2.09. The van der Waals surface area contributed by atoms with Gasteiger partial charge >= 0.3 is 12.0 Å². The number of urea groups is 1. The molecule has 2 N–H and O–H groups in total. The van der Waals surface area contributed by atoms with Crippen molar-refractivity contribution in [1.29, 1.82) is 0 Å². The molecule has 2 amide bonds. The van der Waals surface area contributed by atoms with Gasteiger partial charge in [-0.25, -0.2) is 4.79 Å². The van der Waals surface area contributed by atoms with E-state index >= 15 is 0 Å². The maximum Gasteiger partial charge on any atom is 0.317 e. The van der Waals surface area contributed by atoms with Gasteiger partial charge in [-0.15, -0.1) is 0 Å². The molecule has 0 radical (unpaired) electrons. The summed E-state index contributed by atoms with van der Waals surface area (Å²) in [6.45, 7) is 3.97. The lowest BCUT2D eigenvalue weighted by atomic mass is 10.1. The number of carboxylic acid groups (broad SMARTS) is 1. The van der Waals surface area contributed by atoms with Crippen molar-refractivity contribution < 1.29 is 14.7 Å². The van der Waals surface area contributed by atoms with Crippen LogP contribution >= 0.6 is 0 Å². The normalized spacial score (nSPS) is 16.3. The van der Waals surface area contributed by atoms with Gasteiger partial charge < -0.3 is 20.2 Å². The Hall–Kier alpha value is -1.30. The van der Waals surface area contributed by atoms with E-state index in [1.807, 2.05) is 0 Å². The number of nitrogens with zero attached hydrogens (tertiary/aromatic N) is 2. The Morgan fingerprint density at radius 2 is 1.94 bits per heavy atom. The van der Waals surface area contributed by atoms with Crippen molar-refractivity contribution in [2.75, 3.05) is 39.8 Å². The van der Waals surface area contributed by atoms with Crippen LogP contribution in [0.4, 0.5) is 4.79 Å². The Kier molecular flexibility index (Phi) is 6.49. The third kappa shape index (κ3) is 5.86. The van der Waals surface area contributed by atoms with E-state index in [2.05, 4.69) is 10.2 Å². The number of rotatable bonds is 6. The number of carboxylic acids is 1. The number of carbonyl (C=O) groups is 2. The van der Waals surface area contributed by atoms with Crippen LogP contribution < -0.4 is 5.32 Å². The molecule has 0 saturated carbocycles. The average molecular weight is 257 g/mol. The number of piperidine rings is 1. The summed E-state index contributed by atoms with van der Waals surface area (Å²) >= 11 is 0. The fourth-order valence-electron chi connectivity index (χ4n) is 2.00. The highest BCUT2D eigenvalue weighted by Gasteiger charge is 2.12. The molecule has 104 valence electrons. The summed E-state index contributed by atoms with van der Waals surface area (Å²) < 4.78 is 0. The molecule has 1 aliphatic heterocycles. The van der Waals surface area contributed by atoms with E-state index in [0.717, 1.165) is 19.6 Å². The van der Waals surface area contributed by atoms with Gasteiger partial charge in [0.2, 0.25) is 0 Å². The number of carbonyl (C=O) groups excluding carboxylic acids is 1. The molecule has 1 aliphatic rings. The Morgan fingerprint density at radius 3 is 2.56 bits per heavy atom.